The SMILES string of the molecule is COc1cccc(C2CS(=O)(=O)CCN2)c1. The summed E-state index contributed by atoms with van der Waals surface area (Å²) in [5.74, 6) is 1.15. The van der Waals surface area contributed by atoms with Crippen LogP contribution in [-0.4, -0.2) is 33.6 Å². The summed E-state index contributed by atoms with van der Waals surface area (Å²) < 4.78 is 28.2. The largest absolute Gasteiger partial charge is 0.497 e. The molecule has 1 N–H and O–H groups in total. The molecule has 1 aromatic carbocycles. The fourth-order valence-corrected chi connectivity index (χ4v) is 3.27. The second-order valence-electron chi connectivity index (χ2n) is 3.90. The Morgan fingerprint density at radius 1 is 1.44 bits per heavy atom. The molecule has 0 aromatic heterocycles. The van der Waals surface area contributed by atoms with Crippen LogP contribution < -0.4 is 10.1 Å². The molecule has 0 aliphatic carbocycles. The van der Waals surface area contributed by atoms with E-state index in [2.05, 4.69) is 5.32 Å². The third-order valence-corrected chi connectivity index (χ3v) is 4.39. The van der Waals surface area contributed by atoms with Crippen LogP contribution in [0.25, 0.3) is 0 Å². The fraction of sp³-hybridized carbons (Fsp3) is 0.455. The van der Waals surface area contributed by atoms with Crippen molar-refractivity contribution in [3.8, 4) is 5.75 Å². The van der Waals surface area contributed by atoms with Crippen molar-refractivity contribution < 1.29 is 13.2 Å². The highest BCUT2D eigenvalue weighted by molar-refractivity contribution is 7.91. The molecule has 0 saturated carbocycles. The van der Waals surface area contributed by atoms with E-state index >= 15 is 0 Å². The summed E-state index contributed by atoms with van der Waals surface area (Å²) >= 11 is 0. The van der Waals surface area contributed by atoms with Crippen molar-refractivity contribution in [1.82, 2.24) is 5.32 Å². The standard InChI is InChI=1S/C11H15NO3S/c1-15-10-4-2-3-9(7-10)11-8-16(13,14)6-5-12-11/h2-4,7,11-12H,5-6,8H2,1H3. The average Bonchev–Trinajstić information content (AvgIpc) is 2.28. The lowest BCUT2D eigenvalue weighted by Crippen LogP contribution is -2.39. The van der Waals surface area contributed by atoms with Crippen molar-refractivity contribution in [3.63, 3.8) is 0 Å². The zero-order valence-corrected chi connectivity index (χ0v) is 9.96. The lowest BCUT2D eigenvalue weighted by molar-refractivity contribution is 0.413. The highest BCUT2D eigenvalue weighted by Crippen LogP contribution is 2.22. The van der Waals surface area contributed by atoms with Gasteiger partial charge in [-0.2, -0.15) is 0 Å². The van der Waals surface area contributed by atoms with Crippen LogP contribution in [0, 0.1) is 0 Å². The third kappa shape index (κ3) is 2.54. The van der Waals surface area contributed by atoms with Crippen molar-refractivity contribution in [2.24, 2.45) is 0 Å². The summed E-state index contributed by atoms with van der Waals surface area (Å²) in [5, 5.41) is 3.21. The van der Waals surface area contributed by atoms with Gasteiger partial charge in [0.15, 0.2) is 9.84 Å². The first-order chi connectivity index (χ1) is 7.61. The van der Waals surface area contributed by atoms with E-state index in [4.69, 9.17) is 4.74 Å². The van der Waals surface area contributed by atoms with Crippen molar-refractivity contribution in [1.29, 1.82) is 0 Å². The van der Waals surface area contributed by atoms with Crippen LogP contribution in [0.4, 0.5) is 0 Å². The van der Waals surface area contributed by atoms with E-state index in [1.54, 1.807) is 7.11 Å². The maximum atomic E-state index is 11.5. The van der Waals surface area contributed by atoms with Gasteiger partial charge in [-0.15, -0.1) is 0 Å². The molecule has 0 bridgehead atoms. The maximum Gasteiger partial charge on any atom is 0.153 e. The number of hydrogen-bond acceptors (Lipinski definition) is 4. The number of ether oxygens (including phenoxy) is 1. The quantitative estimate of drug-likeness (QED) is 0.830. The average molecular weight is 241 g/mol. The molecule has 2 rings (SSSR count). The van der Waals surface area contributed by atoms with E-state index < -0.39 is 9.84 Å². The Morgan fingerprint density at radius 2 is 2.25 bits per heavy atom. The summed E-state index contributed by atoms with van der Waals surface area (Å²) in [6, 6.07) is 7.39. The fourth-order valence-electron chi connectivity index (χ4n) is 1.86. The lowest BCUT2D eigenvalue weighted by atomic mass is 10.1. The molecule has 1 aliphatic rings. The van der Waals surface area contributed by atoms with Crippen molar-refractivity contribution in [2.75, 3.05) is 25.2 Å². The molecule has 1 saturated heterocycles. The van der Waals surface area contributed by atoms with E-state index in [1.807, 2.05) is 24.3 Å². The molecule has 0 radical (unpaired) electrons. The van der Waals surface area contributed by atoms with Gasteiger partial charge < -0.3 is 10.1 Å². The van der Waals surface area contributed by atoms with Crippen LogP contribution in [0.1, 0.15) is 11.6 Å². The number of hydrogen-bond donors (Lipinski definition) is 1. The minimum absolute atomic E-state index is 0.117. The Hall–Kier alpha value is -1.07. The Kier molecular flexibility index (Phi) is 3.16. The van der Waals surface area contributed by atoms with Gasteiger partial charge in [0.2, 0.25) is 0 Å². The second kappa shape index (κ2) is 4.43. The van der Waals surface area contributed by atoms with Gasteiger partial charge in [0, 0.05) is 12.6 Å². The highest BCUT2D eigenvalue weighted by Gasteiger charge is 2.25. The van der Waals surface area contributed by atoms with E-state index in [-0.39, 0.29) is 17.5 Å². The molecule has 1 atom stereocenters. The topological polar surface area (TPSA) is 55.4 Å². The Labute approximate surface area is 95.5 Å². The van der Waals surface area contributed by atoms with Crippen LogP contribution in [0.3, 0.4) is 0 Å². The van der Waals surface area contributed by atoms with Gasteiger partial charge in [0.25, 0.3) is 0 Å². The molecule has 16 heavy (non-hydrogen) atoms. The zero-order valence-electron chi connectivity index (χ0n) is 9.14. The van der Waals surface area contributed by atoms with Gasteiger partial charge in [-0.25, -0.2) is 8.42 Å². The summed E-state index contributed by atoms with van der Waals surface area (Å²) in [6.45, 7) is 0.518. The lowest BCUT2D eigenvalue weighted by Gasteiger charge is -2.24. The Balaban J connectivity index is 2.23. The first kappa shape index (κ1) is 11.4. The van der Waals surface area contributed by atoms with Crippen molar-refractivity contribution >= 4 is 9.84 Å². The Morgan fingerprint density at radius 3 is 2.94 bits per heavy atom. The second-order valence-corrected chi connectivity index (χ2v) is 6.13. The van der Waals surface area contributed by atoms with Gasteiger partial charge in [-0.1, -0.05) is 12.1 Å². The number of nitrogens with one attached hydrogen (secondary N) is 1. The maximum absolute atomic E-state index is 11.5. The van der Waals surface area contributed by atoms with E-state index in [9.17, 15) is 8.42 Å². The van der Waals surface area contributed by atoms with Crippen LogP contribution >= 0.6 is 0 Å². The van der Waals surface area contributed by atoms with Gasteiger partial charge in [0.05, 0.1) is 18.6 Å². The smallest absolute Gasteiger partial charge is 0.153 e. The summed E-state index contributed by atoms with van der Waals surface area (Å²) in [4.78, 5) is 0. The molecule has 1 aliphatic heterocycles. The molecule has 88 valence electrons. The predicted octanol–water partition coefficient (Wildman–Crippen LogP) is 0.754. The summed E-state index contributed by atoms with van der Waals surface area (Å²) in [6.07, 6.45) is 0. The van der Waals surface area contributed by atoms with Gasteiger partial charge in [-0.05, 0) is 17.7 Å². The highest BCUT2D eigenvalue weighted by atomic mass is 32.2. The third-order valence-electron chi connectivity index (χ3n) is 2.72. The first-order valence-electron chi connectivity index (χ1n) is 5.18. The minimum Gasteiger partial charge on any atom is -0.497 e. The molecular formula is C11H15NO3S. The molecule has 1 unspecified atom stereocenters. The predicted molar refractivity (Wildman–Crippen MR) is 62.4 cm³/mol. The molecule has 0 spiro atoms. The summed E-state index contributed by atoms with van der Waals surface area (Å²) in [5.41, 5.74) is 0.961. The zero-order chi connectivity index (χ0) is 11.6. The van der Waals surface area contributed by atoms with Crippen LogP contribution in [-0.2, 0) is 9.84 Å². The van der Waals surface area contributed by atoms with E-state index in [0.29, 0.717) is 6.54 Å². The number of benzene rings is 1. The number of rotatable bonds is 2. The van der Waals surface area contributed by atoms with Crippen LogP contribution in [0.2, 0.25) is 0 Å². The van der Waals surface area contributed by atoms with E-state index in [1.165, 1.54) is 0 Å². The van der Waals surface area contributed by atoms with Crippen LogP contribution in [0.5, 0.6) is 5.75 Å². The Bertz CT molecular complexity index is 470. The van der Waals surface area contributed by atoms with Crippen molar-refractivity contribution in [2.45, 2.75) is 6.04 Å². The molecule has 5 heteroatoms. The minimum atomic E-state index is -2.90. The molecule has 0 amide bonds. The number of methoxy groups -OCH3 is 1. The van der Waals surface area contributed by atoms with Gasteiger partial charge in [-0.3, -0.25) is 0 Å². The van der Waals surface area contributed by atoms with Gasteiger partial charge in [0.1, 0.15) is 5.75 Å². The van der Waals surface area contributed by atoms with Gasteiger partial charge >= 0.3 is 0 Å². The van der Waals surface area contributed by atoms with E-state index in [0.717, 1.165) is 11.3 Å². The molecule has 1 heterocycles. The molecule has 1 aromatic rings. The monoisotopic (exact) mass is 241 g/mol. The summed E-state index contributed by atoms with van der Waals surface area (Å²) in [7, 11) is -1.30. The number of sulfone groups is 1. The molecule has 4 nitrogen and oxygen atoms in total. The molecule has 1 fully saturated rings. The molecular weight excluding hydrogens is 226 g/mol. The first-order valence-corrected chi connectivity index (χ1v) is 7.00. The van der Waals surface area contributed by atoms with Crippen LogP contribution in [0.15, 0.2) is 24.3 Å². The normalized spacial score (nSPS) is 23.9. The van der Waals surface area contributed by atoms with Crippen molar-refractivity contribution in [3.05, 3.63) is 29.8 Å².